The quantitative estimate of drug-likeness (QED) is 0.673. The summed E-state index contributed by atoms with van der Waals surface area (Å²) in [5.41, 5.74) is -1.12. The maximum atomic E-state index is 13.2. The third-order valence-electron chi connectivity index (χ3n) is 7.32. The van der Waals surface area contributed by atoms with E-state index in [0.717, 1.165) is 25.7 Å². The number of benzene rings is 1. The molecule has 1 aromatic carbocycles. The lowest BCUT2D eigenvalue weighted by molar-refractivity contribution is -0.146. The van der Waals surface area contributed by atoms with Gasteiger partial charge in [0.1, 0.15) is 5.75 Å². The molecule has 5 nitrogen and oxygen atoms in total. The zero-order valence-corrected chi connectivity index (χ0v) is 17.9. The van der Waals surface area contributed by atoms with Crippen molar-refractivity contribution in [2.24, 2.45) is 23.2 Å². The molecule has 3 atom stereocenters. The number of ether oxygens (including phenoxy) is 1. The summed E-state index contributed by atoms with van der Waals surface area (Å²) in [6.45, 7) is 3.55. The van der Waals surface area contributed by atoms with Crippen LogP contribution in [0.15, 0.2) is 24.3 Å². The Hall–Kier alpha value is -1.75. The molecule has 1 aromatic rings. The number of amides is 1. The summed E-state index contributed by atoms with van der Waals surface area (Å²) in [7, 11) is 0. The first-order chi connectivity index (χ1) is 13.7. The van der Waals surface area contributed by atoms with Gasteiger partial charge in [-0.1, -0.05) is 11.6 Å². The SMILES string of the molecule is CC(C)(Oc1ccc(Cl)cc1)C(=O)NC1C2CC3CC(C2)CC1(CCC(=O)O)C3. The fourth-order valence-corrected chi connectivity index (χ4v) is 6.48. The number of hydrogen-bond acceptors (Lipinski definition) is 3. The van der Waals surface area contributed by atoms with Crippen molar-refractivity contribution < 1.29 is 19.4 Å². The van der Waals surface area contributed by atoms with Gasteiger partial charge in [0, 0.05) is 17.5 Å². The number of carboxylic acid groups (broad SMARTS) is 1. The fourth-order valence-electron chi connectivity index (χ4n) is 6.35. The third-order valence-corrected chi connectivity index (χ3v) is 7.57. The Morgan fingerprint density at radius 1 is 1.17 bits per heavy atom. The summed E-state index contributed by atoms with van der Waals surface area (Å²) < 4.78 is 5.98. The Labute approximate surface area is 177 Å². The molecule has 29 heavy (non-hydrogen) atoms. The maximum Gasteiger partial charge on any atom is 0.303 e. The van der Waals surface area contributed by atoms with Crippen molar-refractivity contribution in [1.82, 2.24) is 5.32 Å². The fraction of sp³-hybridized carbons (Fsp3) is 0.652. The maximum absolute atomic E-state index is 13.2. The van der Waals surface area contributed by atoms with E-state index in [-0.39, 0.29) is 23.8 Å². The van der Waals surface area contributed by atoms with E-state index in [2.05, 4.69) is 5.32 Å². The Balaban J connectivity index is 1.50. The third kappa shape index (κ3) is 4.11. The van der Waals surface area contributed by atoms with E-state index in [1.54, 1.807) is 38.1 Å². The van der Waals surface area contributed by atoms with Gasteiger partial charge in [-0.05, 0) is 99.8 Å². The van der Waals surface area contributed by atoms with Crippen molar-refractivity contribution in [3.05, 3.63) is 29.3 Å². The van der Waals surface area contributed by atoms with E-state index < -0.39 is 11.6 Å². The monoisotopic (exact) mass is 419 g/mol. The van der Waals surface area contributed by atoms with Gasteiger partial charge in [0.15, 0.2) is 5.60 Å². The molecule has 2 N–H and O–H groups in total. The van der Waals surface area contributed by atoms with Crippen molar-refractivity contribution in [3.8, 4) is 5.75 Å². The summed E-state index contributed by atoms with van der Waals surface area (Å²) in [6, 6.07) is 7.03. The minimum Gasteiger partial charge on any atom is -0.481 e. The van der Waals surface area contributed by atoms with Crippen LogP contribution in [-0.4, -0.2) is 28.6 Å². The molecule has 4 saturated carbocycles. The molecule has 0 aromatic heterocycles. The highest BCUT2D eigenvalue weighted by Crippen LogP contribution is 2.61. The van der Waals surface area contributed by atoms with E-state index >= 15 is 0 Å². The number of carbonyl (C=O) groups is 2. The summed E-state index contributed by atoms with van der Waals surface area (Å²) in [6.07, 6.45) is 6.46. The predicted octanol–water partition coefficient (Wildman–Crippen LogP) is 4.67. The molecule has 4 fully saturated rings. The van der Waals surface area contributed by atoms with Gasteiger partial charge < -0.3 is 15.2 Å². The summed E-state index contributed by atoms with van der Waals surface area (Å²) in [4.78, 5) is 24.5. The lowest BCUT2D eigenvalue weighted by atomic mass is 9.46. The van der Waals surface area contributed by atoms with Crippen LogP contribution in [0, 0.1) is 23.2 Å². The molecule has 4 aliphatic carbocycles. The summed E-state index contributed by atoms with van der Waals surface area (Å²) in [5.74, 6) is 1.53. The molecule has 0 saturated heterocycles. The van der Waals surface area contributed by atoms with Gasteiger partial charge in [0.2, 0.25) is 0 Å². The van der Waals surface area contributed by atoms with Gasteiger partial charge in [-0.3, -0.25) is 9.59 Å². The largest absolute Gasteiger partial charge is 0.481 e. The number of aliphatic carboxylic acids is 1. The van der Waals surface area contributed by atoms with Crippen molar-refractivity contribution >= 4 is 23.5 Å². The standard InChI is InChI=1S/C23H30ClNO4/c1-22(2,29-18-5-3-17(24)4-6-18)21(28)25-20-16-10-14-9-15(11-16)13-23(20,12-14)8-7-19(26)27/h3-6,14-16,20H,7-13H2,1-2H3,(H,25,28)(H,26,27). The van der Waals surface area contributed by atoms with Gasteiger partial charge in [0.25, 0.3) is 5.91 Å². The van der Waals surface area contributed by atoms with E-state index in [9.17, 15) is 14.7 Å². The minimum absolute atomic E-state index is 0.0373. The van der Waals surface area contributed by atoms with E-state index in [4.69, 9.17) is 16.3 Å². The topological polar surface area (TPSA) is 75.6 Å². The Kier molecular flexibility index (Phi) is 5.30. The van der Waals surface area contributed by atoms with Gasteiger partial charge in [0.05, 0.1) is 0 Å². The van der Waals surface area contributed by atoms with Crippen molar-refractivity contribution in [2.75, 3.05) is 0 Å². The van der Waals surface area contributed by atoms with Crippen LogP contribution in [0.5, 0.6) is 5.75 Å². The van der Waals surface area contributed by atoms with Crippen LogP contribution in [0.25, 0.3) is 0 Å². The summed E-state index contributed by atoms with van der Waals surface area (Å²) >= 11 is 5.93. The molecule has 0 radical (unpaired) electrons. The van der Waals surface area contributed by atoms with Crippen LogP contribution in [0.4, 0.5) is 0 Å². The molecular weight excluding hydrogens is 390 g/mol. The van der Waals surface area contributed by atoms with Crippen molar-refractivity contribution in [2.45, 2.75) is 70.4 Å². The van der Waals surface area contributed by atoms with E-state index in [1.165, 1.54) is 6.42 Å². The van der Waals surface area contributed by atoms with E-state index in [0.29, 0.717) is 34.9 Å². The number of carbonyl (C=O) groups excluding carboxylic acids is 1. The Bertz CT molecular complexity index is 777. The Morgan fingerprint density at radius 3 is 2.38 bits per heavy atom. The van der Waals surface area contributed by atoms with Gasteiger partial charge in [-0.15, -0.1) is 0 Å². The van der Waals surface area contributed by atoms with Gasteiger partial charge >= 0.3 is 5.97 Å². The molecule has 6 heteroatoms. The first-order valence-electron chi connectivity index (χ1n) is 10.6. The Morgan fingerprint density at radius 2 is 1.79 bits per heavy atom. The van der Waals surface area contributed by atoms with Crippen LogP contribution in [0.2, 0.25) is 5.02 Å². The highest BCUT2D eigenvalue weighted by atomic mass is 35.5. The lowest BCUT2D eigenvalue weighted by Crippen LogP contribution is -2.64. The normalized spacial score (nSPS) is 32.8. The second kappa shape index (κ2) is 7.50. The molecule has 0 heterocycles. The van der Waals surface area contributed by atoms with Crippen LogP contribution < -0.4 is 10.1 Å². The highest BCUT2D eigenvalue weighted by molar-refractivity contribution is 6.30. The smallest absolute Gasteiger partial charge is 0.303 e. The second-order valence-corrected chi connectivity index (χ2v) is 10.3. The molecule has 1 amide bonds. The number of carboxylic acids is 1. The first-order valence-corrected chi connectivity index (χ1v) is 11.0. The number of nitrogens with one attached hydrogen (secondary N) is 1. The molecular formula is C23H30ClNO4. The molecule has 5 rings (SSSR count). The average molecular weight is 420 g/mol. The molecule has 3 unspecified atom stereocenters. The molecule has 158 valence electrons. The zero-order chi connectivity index (χ0) is 20.8. The minimum atomic E-state index is -1.03. The molecule has 4 bridgehead atoms. The predicted molar refractivity (Wildman–Crippen MR) is 111 cm³/mol. The van der Waals surface area contributed by atoms with Crippen molar-refractivity contribution in [3.63, 3.8) is 0 Å². The van der Waals surface area contributed by atoms with Crippen molar-refractivity contribution in [1.29, 1.82) is 0 Å². The van der Waals surface area contributed by atoms with Crippen LogP contribution >= 0.6 is 11.6 Å². The van der Waals surface area contributed by atoms with Gasteiger partial charge in [-0.2, -0.15) is 0 Å². The number of rotatable bonds is 7. The first kappa shape index (κ1) is 20.5. The number of hydrogen-bond donors (Lipinski definition) is 2. The second-order valence-electron chi connectivity index (χ2n) is 9.88. The van der Waals surface area contributed by atoms with Crippen LogP contribution in [0.1, 0.15) is 58.8 Å². The highest BCUT2D eigenvalue weighted by Gasteiger charge is 2.57. The molecule has 4 aliphatic rings. The molecule has 0 aliphatic heterocycles. The zero-order valence-electron chi connectivity index (χ0n) is 17.1. The number of halogens is 1. The average Bonchev–Trinajstić information content (AvgIpc) is 2.64. The molecule has 0 spiro atoms. The van der Waals surface area contributed by atoms with Crippen LogP contribution in [-0.2, 0) is 9.59 Å². The summed E-state index contributed by atoms with van der Waals surface area (Å²) in [5, 5.41) is 13.2. The van der Waals surface area contributed by atoms with Gasteiger partial charge in [-0.25, -0.2) is 0 Å². The van der Waals surface area contributed by atoms with E-state index in [1.807, 2.05) is 0 Å². The lowest BCUT2D eigenvalue weighted by Gasteiger charge is -2.61. The van der Waals surface area contributed by atoms with Crippen LogP contribution in [0.3, 0.4) is 0 Å².